The lowest BCUT2D eigenvalue weighted by molar-refractivity contribution is -0.113. The molecule has 0 amide bonds. The van der Waals surface area contributed by atoms with Crippen molar-refractivity contribution < 1.29 is 19.4 Å². The number of hydrogen-bond donors (Lipinski definition) is 1. The number of carbonyl (C=O) groups excluding carboxylic acids is 1. The number of ketones is 1. The number of benzene rings is 1. The Balaban J connectivity index is 2.24. The molecule has 0 bridgehead atoms. The molecule has 6 heteroatoms. The highest BCUT2D eigenvalue weighted by atomic mass is 16.6. The lowest BCUT2D eigenvalue weighted by Gasteiger charge is -2.17. The zero-order valence-electron chi connectivity index (χ0n) is 10.7. The molecule has 0 unspecified atom stereocenters. The Morgan fingerprint density at radius 1 is 1.21 bits per heavy atom. The normalized spacial score (nSPS) is 15.3. The number of allylic oxidation sites excluding steroid dienone is 2. The maximum atomic E-state index is 11.2. The van der Waals surface area contributed by atoms with Crippen LogP contribution < -0.4 is 9.47 Å². The number of nitrogens with zero attached hydrogens (tertiary/aromatic N) is 2. The molecular formula is C13H14N2O4. The number of aliphatic hydroxyl groups is 1. The zero-order valence-corrected chi connectivity index (χ0v) is 10.7. The maximum Gasteiger partial charge on any atom is 0.183 e. The fraction of sp³-hybridized carbons (Fsp3) is 0.308. The molecule has 0 saturated carbocycles. The van der Waals surface area contributed by atoms with Gasteiger partial charge in [-0.15, -0.1) is 5.11 Å². The van der Waals surface area contributed by atoms with Gasteiger partial charge in [-0.05, 0) is 19.1 Å². The van der Waals surface area contributed by atoms with E-state index >= 15 is 0 Å². The Morgan fingerprint density at radius 3 is 2.53 bits per heavy atom. The first kappa shape index (κ1) is 13.1. The van der Waals surface area contributed by atoms with Gasteiger partial charge in [-0.1, -0.05) is 0 Å². The van der Waals surface area contributed by atoms with Crippen LogP contribution in [0.25, 0.3) is 0 Å². The molecule has 0 fully saturated rings. The number of rotatable bonds is 3. The number of Topliss-reactive ketones (excluding diaryl/α,β-unsaturated/α-hetero) is 1. The average molecular weight is 262 g/mol. The average Bonchev–Trinajstić information content (AvgIpc) is 2.38. The summed E-state index contributed by atoms with van der Waals surface area (Å²) in [6.07, 6.45) is 0. The van der Waals surface area contributed by atoms with E-state index in [9.17, 15) is 9.90 Å². The fourth-order valence-corrected chi connectivity index (χ4v) is 1.60. The Bertz CT molecular complexity index is 560. The van der Waals surface area contributed by atoms with Crippen molar-refractivity contribution in [1.29, 1.82) is 0 Å². The third-order valence-electron chi connectivity index (χ3n) is 2.47. The highest BCUT2D eigenvalue weighted by Gasteiger charge is 2.12. The van der Waals surface area contributed by atoms with Gasteiger partial charge in [0.1, 0.15) is 19.0 Å². The summed E-state index contributed by atoms with van der Waals surface area (Å²) in [6, 6.07) is 5.09. The lowest BCUT2D eigenvalue weighted by atomic mass is 10.2. The SMILES string of the molecule is CC(=O)/C(N=Nc1ccc2c(c1)OCCO2)=C(/C)O. The molecule has 1 aromatic carbocycles. The van der Waals surface area contributed by atoms with Gasteiger partial charge in [0, 0.05) is 13.0 Å². The van der Waals surface area contributed by atoms with Crippen LogP contribution in [0.5, 0.6) is 11.5 Å². The van der Waals surface area contributed by atoms with Crippen molar-refractivity contribution in [3.05, 3.63) is 29.7 Å². The minimum atomic E-state index is -0.346. The second-order valence-corrected chi connectivity index (χ2v) is 4.02. The summed E-state index contributed by atoms with van der Waals surface area (Å²) in [5, 5.41) is 17.0. The number of carbonyl (C=O) groups is 1. The van der Waals surface area contributed by atoms with Crippen LogP contribution in [0.1, 0.15) is 13.8 Å². The number of hydrogen-bond acceptors (Lipinski definition) is 6. The molecule has 1 heterocycles. The molecule has 2 rings (SSSR count). The molecule has 0 saturated heterocycles. The van der Waals surface area contributed by atoms with Gasteiger partial charge in [-0.25, -0.2) is 0 Å². The van der Waals surface area contributed by atoms with Crippen LogP contribution in [0.2, 0.25) is 0 Å². The number of fused-ring (bicyclic) bond motifs is 1. The molecule has 0 aromatic heterocycles. The molecule has 19 heavy (non-hydrogen) atoms. The van der Waals surface area contributed by atoms with E-state index in [4.69, 9.17) is 9.47 Å². The van der Waals surface area contributed by atoms with Gasteiger partial charge in [0.15, 0.2) is 23.0 Å². The monoisotopic (exact) mass is 262 g/mol. The molecule has 0 atom stereocenters. The van der Waals surface area contributed by atoms with E-state index in [2.05, 4.69) is 10.2 Å². The van der Waals surface area contributed by atoms with Crippen molar-refractivity contribution in [2.75, 3.05) is 13.2 Å². The van der Waals surface area contributed by atoms with Crippen LogP contribution >= 0.6 is 0 Å². The summed E-state index contributed by atoms with van der Waals surface area (Å²) < 4.78 is 10.8. The molecule has 0 spiro atoms. The minimum Gasteiger partial charge on any atom is -0.510 e. The summed E-state index contributed by atoms with van der Waals surface area (Å²) in [7, 11) is 0. The van der Waals surface area contributed by atoms with Crippen LogP contribution in [0.4, 0.5) is 5.69 Å². The quantitative estimate of drug-likeness (QED) is 0.516. The van der Waals surface area contributed by atoms with Crippen molar-refractivity contribution in [3.63, 3.8) is 0 Å². The standard InChI is InChI=1S/C13H14N2O4/c1-8(16)13(9(2)17)15-14-10-3-4-11-12(7-10)19-6-5-18-11/h3-4,7,16H,5-6H2,1-2H3/b13-8+,15-14?. The van der Waals surface area contributed by atoms with Crippen LogP contribution in [-0.4, -0.2) is 24.1 Å². The maximum absolute atomic E-state index is 11.2. The second-order valence-electron chi connectivity index (χ2n) is 4.02. The van der Waals surface area contributed by atoms with E-state index < -0.39 is 0 Å². The van der Waals surface area contributed by atoms with E-state index in [-0.39, 0.29) is 17.2 Å². The number of aliphatic hydroxyl groups excluding tert-OH is 1. The molecular weight excluding hydrogens is 248 g/mol. The fourth-order valence-electron chi connectivity index (χ4n) is 1.60. The summed E-state index contributed by atoms with van der Waals surface area (Å²) in [5.41, 5.74) is 0.458. The summed E-state index contributed by atoms with van der Waals surface area (Å²) >= 11 is 0. The summed E-state index contributed by atoms with van der Waals surface area (Å²) in [6.45, 7) is 3.72. The van der Waals surface area contributed by atoms with Gasteiger partial charge in [-0.3, -0.25) is 4.79 Å². The first-order valence-corrected chi connectivity index (χ1v) is 5.80. The van der Waals surface area contributed by atoms with Crippen LogP contribution in [0, 0.1) is 0 Å². The largest absolute Gasteiger partial charge is 0.510 e. The third kappa shape index (κ3) is 3.09. The smallest absolute Gasteiger partial charge is 0.183 e. The lowest BCUT2D eigenvalue weighted by Crippen LogP contribution is -2.14. The highest BCUT2D eigenvalue weighted by molar-refractivity contribution is 5.93. The minimum absolute atomic E-state index is 0.0603. The predicted octanol–water partition coefficient (Wildman–Crippen LogP) is 2.92. The van der Waals surface area contributed by atoms with E-state index in [1.165, 1.54) is 13.8 Å². The first-order chi connectivity index (χ1) is 9.08. The highest BCUT2D eigenvalue weighted by Crippen LogP contribution is 2.33. The summed E-state index contributed by atoms with van der Waals surface area (Å²) in [5.74, 6) is 0.748. The number of ether oxygens (including phenoxy) is 2. The van der Waals surface area contributed by atoms with Crippen molar-refractivity contribution in [1.82, 2.24) is 0 Å². The molecule has 1 aliphatic rings. The van der Waals surface area contributed by atoms with Crippen molar-refractivity contribution in [2.24, 2.45) is 10.2 Å². The molecule has 1 aromatic rings. The molecule has 6 nitrogen and oxygen atoms in total. The third-order valence-corrected chi connectivity index (χ3v) is 2.47. The molecule has 100 valence electrons. The van der Waals surface area contributed by atoms with Gasteiger partial charge in [0.25, 0.3) is 0 Å². The van der Waals surface area contributed by atoms with Crippen molar-refractivity contribution in [3.8, 4) is 11.5 Å². The van der Waals surface area contributed by atoms with Crippen LogP contribution in [-0.2, 0) is 4.79 Å². The summed E-state index contributed by atoms with van der Waals surface area (Å²) in [4.78, 5) is 11.2. The van der Waals surface area contributed by atoms with Crippen molar-refractivity contribution in [2.45, 2.75) is 13.8 Å². The van der Waals surface area contributed by atoms with Crippen LogP contribution in [0.15, 0.2) is 39.9 Å². The number of azo groups is 1. The predicted molar refractivity (Wildman–Crippen MR) is 68.0 cm³/mol. The van der Waals surface area contributed by atoms with Gasteiger partial charge in [-0.2, -0.15) is 5.11 Å². The van der Waals surface area contributed by atoms with E-state index in [0.717, 1.165) is 0 Å². The second kappa shape index (κ2) is 5.51. The Hall–Kier alpha value is -2.37. The molecule has 1 N–H and O–H groups in total. The zero-order chi connectivity index (χ0) is 13.8. The topological polar surface area (TPSA) is 80.5 Å². The van der Waals surface area contributed by atoms with Gasteiger partial charge < -0.3 is 14.6 Å². The van der Waals surface area contributed by atoms with Crippen LogP contribution in [0.3, 0.4) is 0 Å². The Morgan fingerprint density at radius 2 is 1.89 bits per heavy atom. The van der Waals surface area contributed by atoms with Crippen molar-refractivity contribution >= 4 is 11.5 Å². The van der Waals surface area contributed by atoms with Gasteiger partial charge in [0.05, 0.1) is 5.69 Å². The first-order valence-electron chi connectivity index (χ1n) is 5.80. The van der Waals surface area contributed by atoms with E-state index in [1.807, 2.05) is 0 Å². The molecule has 0 aliphatic carbocycles. The Kier molecular flexibility index (Phi) is 3.79. The van der Waals surface area contributed by atoms with Gasteiger partial charge >= 0.3 is 0 Å². The molecule has 1 aliphatic heterocycles. The van der Waals surface area contributed by atoms with E-state index in [0.29, 0.717) is 30.4 Å². The Labute approximate surface area is 110 Å². The van der Waals surface area contributed by atoms with Gasteiger partial charge in [0.2, 0.25) is 0 Å². The molecule has 0 radical (unpaired) electrons. The van der Waals surface area contributed by atoms with E-state index in [1.54, 1.807) is 18.2 Å².